The van der Waals surface area contributed by atoms with E-state index in [-0.39, 0.29) is 16.4 Å². The van der Waals surface area contributed by atoms with Crippen LogP contribution in [0.1, 0.15) is 15.9 Å². The van der Waals surface area contributed by atoms with Gasteiger partial charge in [-0.05, 0) is 71.5 Å². The van der Waals surface area contributed by atoms with Crippen molar-refractivity contribution in [3.05, 3.63) is 51.1 Å². The Labute approximate surface area is 178 Å². The standard InChI is InChI=1S/C19H21IN2O5S/c1-13-11-14(20)3-5-17(13)21-28(24,25)15-4-6-18(26-2)16(12-15)19(23)22-7-9-27-10-8-22/h3-6,11-12,21H,7-10H2,1-2H3. The number of carbonyl (C=O) groups excluding carboxylic acids is 1. The van der Waals surface area contributed by atoms with Gasteiger partial charge in [0.1, 0.15) is 5.75 Å². The second-order valence-corrected chi connectivity index (χ2v) is 9.26. The van der Waals surface area contributed by atoms with Crippen molar-refractivity contribution in [3.8, 4) is 5.75 Å². The summed E-state index contributed by atoms with van der Waals surface area (Å²) in [6.07, 6.45) is 0. The largest absolute Gasteiger partial charge is 0.496 e. The predicted octanol–water partition coefficient (Wildman–Crippen LogP) is 2.88. The minimum Gasteiger partial charge on any atom is -0.496 e. The molecule has 28 heavy (non-hydrogen) atoms. The highest BCUT2D eigenvalue weighted by atomic mass is 127. The van der Waals surface area contributed by atoms with Crippen molar-refractivity contribution in [1.29, 1.82) is 0 Å². The van der Waals surface area contributed by atoms with Crippen LogP contribution in [0.2, 0.25) is 0 Å². The summed E-state index contributed by atoms with van der Waals surface area (Å²) >= 11 is 2.17. The molecular weight excluding hydrogens is 495 g/mol. The van der Waals surface area contributed by atoms with Crippen molar-refractivity contribution in [1.82, 2.24) is 4.90 Å². The number of carbonyl (C=O) groups is 1. The molecule has 3 rings (SSSR count). The van der Waals surface area contributed by atoms with Crippen LogP contribution in [0, 0.1) is 10.5 Å². The molecule has 1 N–H and O–H groups in total. The fourth-order valence-electron chi connectivity index (χ4n) is 2.90. The second-order valence-electron chi connectivity index (χ2n) is 6.33. The first kappa shape index (κ1) is 20.9. The van der Waals surface area contributed by atoms with Gasteiger partial charge in [-0.25, -0.2) is 8.42 Å². The first-order valence-electron chi connectivity index (χ1n) is 8.66. The molecule has 7 nitrogen and oxygen atoms in total. The van der Waals surface area contributed by atoms with Gasteiger partial charge in [0.15, 0.2) is 0 Å². The molecule has 1 fully saturated rings. The zero-order valence-corrected chi connectivity index (χ0v) is 18.5. The van der Waals surface area contributed by atoms with Crippen LogP contribution in [0.4, 0.5) is 5.69 Å². The summed E-state index contributed by atoms with van der Waals surface area (Å²) in [4.78, 5) is 14.5. The van der Waals surface area contributed by atoms with E-state index in [1.54, 1.807) is 11.0 Å². The van der Waals surface area contributed by atoms with Crippen LogP contribution in [0.15, 0.2) is 41.3 Å². The molecule has 2 aromatic rings. The fourth-order valence-corrected chi connectivity index (χ4v) is 4.71. The Balaban J connectivity index is 1.94. The molecule has 1 amide bonds. The van der Waals surface area contributed by atoms with E-state index in [0.717, 1.165) is 9.13 Å². The van der Waals surface area contributed by atoms with Gasteiger partial charge in [-0.3, -0.25) is 9.52 Å². The average Bonchev–Trinajstić information content (AvgIpc) is 2.69. The molecule has 1 heterocycles. The van der Waals surface area contributed by atoms with Crippen molar-refractivity contribution in [2.75, 3.05) is 38.1 Å². The van der Waals surface area contributed by atoms with Gasteiger partial charge >= 0.3 is 0 Å². The van der Waals surface area contributed by atoms with E-state index in [4.69, 9.17) is 9.47 Å². The van der Waals surface area contributed by atoms with E-state index in [0.29, 0.717) is 37.7 Å². The van der Waals surface area contributed by atoms with E-state index in [1.807, 2.05) is 19.1 Å². The number of nitrogens with zero attached hydrogens (tertiary/aromatic N) is 1. The maximum Gasteiger partial charge on any atom is 0.261 e. The number of sulfonamides is 1. The van der Waals surface area contributed by atoms with Gasteiger partial charge in [-0.1, -0.05) is 0 Å². The lowest BCUT2D eigenvalue weighted by Gasteiger charge is -2.27. The molecule has 9 heteroatoms. The number of ether oxygens (including phenoxy) is 2. The quantitative estimate of drug-likeness (QED) is 0.619. The molecule has 1 aliphatic rings. The van der Waals surface area contributed by atoms with Gasteiger partial charge < -0.3 is 14.4 Å². The zero-order chi connectivity index (χ0) is 20.3. The van der Waals surface area contributed by atoms with Gasteiger partial charge in [0.25, 0.3) is 15.9 Å². The number of nitrogens with one attached hydrogen (secondary N) is 1. The summed E-state index contributed by atoms with van der Waals surface area (Å²) in [5.41, 5.74) is 1.53. The highest BCUT2D eigenvalue weighted by Gasteiger charge is 2.25. The Morgan fingerprint density at radius 3 is 2.54 bits per heavy atom. The Kier molecular flexibility index (Phi) is 6.46. The second kappa shape index (κ2) is 8.66. The minimum absolute atomic E-state index is 0.00265. The lowest BCUT2D eigenvalue weighted by Crippen LogP contribution is -2.40. The number of benzene rings is 2. The van der Waals surface area contributed by atoms with Crippen molar-refractivity contribution in [2.24, 2.45) is 0 Å². The number of aryl methyl sites for hydroxylation is 1. The van der Waals surface area contributed by atoms with E-state index in [1.165, 1.54) is 25.3 Å². The topological polar surface area (TPSA) is 84.9 Å². The van der Waals surface area contributed by atoms with Crippen LogP contribution in [-0.4, -0.2) is 52.6 Å². The number of anilines is 1. The summed E-state index contributed by atoms with van der Waals surface area (Å²) in [5.74, 6) is 0.0588. The number of halogens is 1. The first-order valence-corrected chi connectivity index (χ1v) is 11.2. The summed E-state index contributed by atoms with van der Waals surface area (Å²) in [6, 6.07) is 9.73. The SMILES string of the molecule is COc1ccc(S(=O)(=O)Nc2ccc(I)cc2C)cc1C(=O)N1CCOCC1. The summed E-state index contributed by atoms with van der Waals surface area (Å²) in [6.45, 7) is 3.67. The van der Waals surface area contributed by atoms with Gasteiger partial charge in [-0.2, -0.15) is 0 Å². The van der Waals surface area contributed by atoms with Crippen LogP contribution >= 0.6 is 22.6 Å². The summed E-state index contributed by atoms with van der Waals surface area (Å²) in [7, 11) is -2.41. The number of rotatable bonds is 5. The van der Waals surface area contributed by atoms with Crippen LogP contribution < -0.4 is 9.46 Å². The molecule has 0 spiro atoms. The molecule has 2 aromatic carbocycles. The van der Waals surface area contributed by atoms with Gasteiger partial charge in [0, 0.05) is 16.7 Å². The van der Waals surface area contributed by atoms with Gasteiger partial charge in [0.2, 0.25) is 0 Å². The van der Waals surface area contributed by atoms with Crippen molar-refractivity contribution >= 4 is 44.2 Å². The van der Waals surface area contributed by atoms with Crippen molar-refractivity contribution in [3.63, 3.8) is 0 Å². The van der Waals surface area contributed by atoms with Crippen LogP contribution in [0.25, 0.3) is 0 Å². The molecule has 0 aromatic heterocycles. The molecule has 0 bridgehead atoms. The van der Waals surface area contributed by atoms with E-state index < -0.39 is 10.0 Å². The monoisotopic (exact) mass is 516 g/mol. The molecule has 150 valence electrons. The maximum atomic E-state index is 12.9. The van der Waals surface area contributed by atoms with Gasteiger partial charge in [0.05, 0.1) is 36.5 Å². The molecule has 0 unspecified atom stereocenters. The molecule has 0 atom stereocenters. The van der Waals surface area contributed by atoms with Crippen LogP contribution in [0.5, 0.6) is 5.75 Å². The molecular formula is C19H21IN2O5S. The molecule has 0 saturated carbocycles. The number of methoxy groups -OCH3 is 1. The van der Waals surface area contributed by atoms with Crippen LogP contribution in [0.3, 0.4) is 0 Å². The summed E-state index contributed by atoms with van der Waals surface area (Å²) in [5, 5.41) is 0. The lowest BCUT2D eigenvalue weighted by molar-refractivity contribution is 0.0300. The van der Waals surface area contributed by atoms with Crippen molar-refractivity contribution < 1.29 is 22.7 Å². The first-order chi connectivity index (χ1) is 13.3. The number of hydrogen-bond donors (Lipinski definition) is 1. The predicted molar refractivity (Wildman–Crippen MR) is 114 cm³/mol. The Morgan fingerprint density at radius 2 is 1.89 bits per heavy atom. The number of hydrogen-bond acceptors (Lipinski definition) is 5. The van der Waals surface area contributed by atoms with Crippen LogP contribution in [-0.2, 0) is 14.8 Å². The fraction of sp³-hybridized carbons (Fsp3) is 0.316. The molecule has 1 aliphatic heterocycles. The smallest absolute Gasteiger partial charge is 0.261 e. The highest BCUT2D eigenvalue weighted by Crippen LogP contribution is 2.27. The van der Waals surface area contributed by atoms with Gasteiger partial charge in [-0.15, -0.1) is 0 Å². The third-order valence-electron chi connectivity index (χ3n) is 4.44. The Bertz CT molecular complexity index is 988. The normalized spacial score (nSPS) is 14.6. The number of amides is 1. The summed E-state index contributed by atoms with van der Waals surface area (Å²) < 4.78 is 39.9. The third-order valence-corrected chi connectivity index (χ3v) is 6.48. The third kappa shape index (κ3) is 4.58. The molecule has 1 saturated heterocycles. The lowest BCUT2D eigenvalue weighted by atomic mass is 10.1. The van der Waals surface area contributed by atoms with E-state index >= 15 is 0 Å². The Morgan fingerprint density at radius 1 is 1.18 bits per heavy atom. The zero-order valence-electron chi connectivity index (χ0n) is 15.6. The molecule has 0 radical (unpaired) electrons. The average molecular weight is 516 g/mol. The number of morpholine rings is 1. The van der Waals surface area contributed by atoms with E-state index in [2.05, 4.69) is 27.3 Å². The highest BCUT2D eigenvalue weighted by molar-refractivity contribution is 14.1. The minimum atomic E-state index is -3.86. The molecule has 0 aliphatic carbocycles. The maximum absolute atomic E-state index is 12.9. The van der Waals surface area contributed by atoms with Crippen molar-refractivity contribution in [2.45, 2.75) is 11.8 Å². The Hall–Kier alpha value is -1.85. The van der Waals surface area contributed by atoms with E-state index in [9.17, 15) is 13.2 Å².